The highest BCUT2D eigenvalue weighted by Crippen LogP contribution is 2.24. The molecular weight excluding hydrogens is 166 g/mol. The molecule has 1 N–H and O–H groups in total. The smallest absolute Gasteiger partial charge is 0.130 e. The number of rotatable bonds is 0. The Hall–Kier alpha value is -0.560. The van der Waals surface area contributed by atoms with Gasteiger partial charge in [-0.2, -0.15) is 0 Å². The molecule has 0 aromatic heterocycles. The molecule has 2 saturated heterocycles. The fourth-order valence-corrected chi connectivity index (χ4v) is 1.87. The first-order valence-electron chi connectivity index (χ1n) is 4.75. The molecule has 72 valence electrons. The van der Waals surface area contributed by atoms with Crippen LogP contribution in [0.5, 0.6) is 0 Å². The third kappa shape index (κ3) is 1.86. The van der Waals surface area contributed by atoms with E-state index in [-0.39, 0.29) is 11.6 Å². The Morgan fingerprint density at radius 1 is 1.38 bits per heavy atom. The minimum Gasteiger partial charge on any atom is -0.381 e. The Labute approximate surface area is 78.8 Å². The van der Waals surface area contributed by atoms with Crippen LogP contribution in [0.4, 0.5) is 0 Å². The molecule has 3 heteroatoms. The van der Waals surface area contributed by atoms with Gasteiger partial charge in [-0.05, 0) is 12.8 Å². The summed E-state index contributed by atoms with van der Waals surface area (Å²) in [4.78, 5) is 0. The average Bonchev–Trinajstić information content (AvgIpc) is 2.20. The monoisotopic (exact) mass is 181 g/mol. The highest BCUT2D eigenvalue weighted by atomic mass is 16.5. The lowest BCUT2D eigenvalue weighted by Crippen LogP contribution is -2.59. The van der Waals surface area contributed by atoms with E-state index >= 15 is 0 Å². The zero-order chi connectivity index (χ0) is 9.15. The fraction of sp³-hybridized carbons (Fsp3) is 0.800. The standard InChI is InChI=1S/C10H15NO2/c1-2-9-7-11-10(8-13-9)3-5-12-6-4-10/h1,9,11H,3-8H2. The number of morpholine rings is 1. The third-order valence-electron chi connectivity index (χ3n) is 2.86. The van der Waals surface area contributed by atoms with E-state index in [1.165, 1.54) is 0 Å². The molecule has 0 amide bonds. The van der Waals surface area contributed by atoms with E-state index in [9.17, 15) is 0 Å². The lowest BCUT2D eigenvalue weighted by molar-refractivity contribution is -0.0554. The lowest BCUT2D eigenvalue weighted by Gasteiger charge is -2.42. The molecule has 0 aromatic carbocycles. The third-order valence-corrected chi connectivity index (χ3v) is 2.86. The number of terminal acetylenes is 1. The van der Waals surface area contributed by atoms with Crippen LogP contribution < -0.4 is 5.32 Å². The molecule has 2 heterocycles. The van der Waals surface area contributed by atoms with Gasteiger partial charge in [0.2, 0.25) is 0 Å². The Bertz CT molecular complexity index is 205. The molecule has 2 fully saturated rings. The van der Waals surface area contributed by atoms with Gasteiger partial charge >= 0.3 is 0 Å². The minimum absolute atomic E-state index is 0.0477. The van der Waals surface area contributed by atoms with E-state index in [2.05, 4.69) is 11.2 Å². The summed E-state index contributed by atoms with van der Waals surface area (Å²) in [5, 5.41) is 3.49. The molecule has 0 aromatic rings. The largest absolute Gasteiger partial charge is 0.381 e. The topological polar surface area (TPSA) is 30.5 Å². The van der Waals surface area contributed by atoms with Gasteiger partial charge in [0.15, 0.2) is 0 Å². The molecule has 3 nitrogen and oxygen atoms in total. The van der Waals surface area contributed by atoms with Crippen molar-refractivity contribution >= 4 is 0 Å². The number of nitrogens with one attached hydrogen (secondary N) is 1. The van der Waals surface area contributed by atoms with E-state index in [1.807, 2.05) is 0 Å². The highest BCUT2D eigenvalue weighted by molar-refractivity contribution is 5.02. The van der Waals surface area contributed by atoms with E-state index < -0.39 is 0 Å². The van der Waals surface area contributed by atoms with Gasteiger partial charge in [0.25, 0.3) is 0 Å². The van der Waals surface area contributed by atoms with Crippen LogP contribution in [-0.4, -0.2) is 38.0 Å². The molecule has 2 rings (SSSR count). The van der Waals surface area contributed by atoms with Crippen molar-refractivity contribution in [2.45, 2.75) is 24.5 Å². The van der Waals surface area contributed by atoms with Crippen molar-refractivity contribution in [3.8, 4) is 12.3 Å². The summed E-state index contributed by atoms with van der Waals surface area (Å²) in [7, 11) is 0. The van der Waals surface area contributed by atoms with E-state index in [4.69, 9.17) is 15.9 Å². The molecule has 13 heavy (non-hydrogen) atoms. The maximum Gasteiger partial charge on any atom is 0.130 e. The Kier molecular flexibility index (Phi) is 2.54. The second-order valence-electron chi connectivity index (χ2n) is 3.74. The maximum atomic E-state index is 5.57. The van der Waals surface area contributed by atoms with Crippen LogP contribution in [0, 0.1) is 12.3 Å². The predicted octanol–water partition coefficient (Wildman–Crippen LogP) is 0.157. The Balaban J connectivity index is 1.92. The van der Waals surface area contributed by atoms with Gasteiger partial charge in [-0.25, -0.2) is 0 Å². The van der Waals surface area contributed by atoms with Crippen LogP contribution in [0.15, 0.2) is 0 Å². The summed E-state index contributed by atoms with van der Waals surface area (Å²) < 4.78 is 10.9. The van der Waals surface area contributed by atoms with Crippen LogP contribution in [0.25, 0.3) is 0 Å². The fourth-order valence-electron chi connectivity index (χ4n) is 1.87. The molecule has 1 atom stereocenters. The normalized spacial score (nSPS) is 32.7. The van der Waals surface area contributed by atoms with Gasteiger partial charge in [0.1, 0.15) is 6.10 Å². The van der Waals surface area contributed by atoms with E-state index in [0.717, 1.165) is 39.2 Å². The zero-order valence-electron chi connectivity index (χ0n) is 7.71. The molecule has 2 aliphatic heterocycles. The van der Waals surface area contributed by atoms with Crippen molar-refractivity contribution < 1.29 is 9.47 Å². The highest BCUT2D eigenvalue weighted by Gasteiger charge is 2.36. The first-order valence-corrected chi connectivity index (χ1v) is 4.75. The van der Waals surface area contributed by atoms with Gasteiger partial charge in [0, 0.05) is 25.3 Å². The Morgan fingerprint density at radius 3 is 2.69 bits per heavy atom. The molecule has 2 aliphatic rings. The zero-order valence-corrected chi connectivity index (χ0v) is 7.71. The maximum absolute atomic E-state index is 5.57. The van der Waals surface area contributed by atoms with Crippen molar-refractivity contribution in [2.24, 2.45) is 0 Å². The summed E-state index contributed by atoms with van der Waals surface area (Å²) in [5.41, 5.74) is 0.144. The van der Waals surface area contributed by atoms with Crippen LogP contribution in [0.1, 0.15) is 12.8 Å². The molecular formula is C10H15NO2. The second-order valence-corrected chi connectivity index (χ2v) is 3.74. The van der Waals surface area contributed by atoms with Gasteiger partial charge in [0.05, 0.1) is 6.61 Å². The van der Waals surface area contributed by atoms with Gasteiger partial charge in [-0.15, -0.1) is 6.42 Å². The van der Waals surface area contributed by atoms with E-state index in [0.29, 0.717) is 0 Å². The second kappa shape index (κ2) is 3.67. The Morgan fingerprint density at radius 2 is 2.15 bits per heavy atom. The van der Waals surface area contributed by atoms with Crippen LogP contribution in [0.2, 0.25) is 0 Å². The summed E-state index contributed by atoms with van der Waals surface area (Å²) in [6.45, 7) is 3.16. The predicted molar refractivity (Wildman–Crippen MR) is 49.4 cm³/mol. The molecule has 0 radical (unpaired) electrons. The quantitative estimate of drug-likeness (QED) is 0.540. The molecule has 1 spiro atoms. The number of hydrogen-bond donors (Lipinski definition) is 1. The van der Waals surface area contributed by atoms with Crippen LogP contribution in [0.3, 0.4) is 0 Å². The first kappa shape index (κ1) is 9.01. The average molecular weight is 181 g/mol. The van der Waals surface area contributed by atoms with Crippen molar-refractivity contribution in [3.05, 3.63) is 0 Å². The molecule has 0 bridgehead atoms. The number of hydrogen-bond acceptors (Lipinski definition) is 3. The van der Waals surface area contributed by atoms with Gasteiger partial charge in [-0.3, -0.25) is 0 Å². The molecule has 0 aliphatic carbocycles. The SMILES string of the molecule is C#CC1CNC2(CCOCC2)CO1. The summed E-state index contributed by atoms with van der Waals surface area (Å²) >= 11 is 0. The minimum atomic E-state index is -0.0477. The van der Waals surface area contributed by atoms with Crippen molar-refractivity contribution in [1.29, 1.82) is 0 Å². The van der Waals surface area contributed by atoms with Crippen molar-refractivity contribution in [2.75, 3.05) is 26.4 Å². The lowest BCUT2D eigenvalue weighted by atomic mass is 9.89. The van der Waals surface area contributed by atoms with Crippen LogP contribution >= 0.6 is 0 Å². The van der Waals surface area contributed by atoms with E-state index in [1.54, 1.807) is 0 Å². The van der Waals surface area contributed by atoms with Gasteiger partial charge in [-0.1, -0.05) is 5.92 Å². The van der Waals surface area contributed by atoms with Crippen LogP contribution in [-0.2, 0) is 9.47 Å². The summed E-state index contributed by atoms with van der Waals surface area (Å²) in [6, 6.07) is 0. The van der Waals surface area contributed by atoms with Crippen molar-refractivity contribution in [3.63, 3.8) is 0 Å². The molecule has 0 saturated carbocycles. The van der Waals surface area contributed by atoms with Crippen molar-refractivity contribution in [1.82, 2.24) is 5.32 Å². The van der Waals surface area contributed by atoms with Gasteiger partial charge < -0.3 is 14.8 Å². The molecule has 1 unspecified atom stereocenters. The summed E-state index contributed by atoms with van der Waals surface area (Å²) in [5.74, 6) is 2.61. The first-order chi connectivity index (χ1) is 6.35. The summed E-state index contributed by atoms with van der Waals surface area (Å²) in [6.07, 6.45) is 7.30. The number of ether oxygens (including phenoxy) is 2.